The fourth-order valence-corrected chi connectivity index (χ4v) is 1.65. The molecule has 1 fully saturated rings. The number of urea groups is 1. The van der Waals surface area contributed by atoms with E-state index in [0.29, 0.717) is 17.1 Å². The average Bonchev–Trinajstić information content (AvgIpc) is 2.81. The van der Waals surface area contributed by atoms with Crippen LogP contribution in [0.15, 0.2) is 23.3 Å². The van der Waals surface area contributed by atoms with Gasteiger partial charge in [0.05, 0.1) is 13.3 Å². The van der Waals surface area contributed by atoms with Crippen LogP contribution in [-0.4, -0.2) is 43.4 Å². The van der Waals surface area contributed by atoms with Crippen LogP contribution in [0.5, 0.6) is 11.5 Å². The van der Waals surface area contributed by atoms with Crippen molar-refractivity contribution in [3.05, 3.63) is 23.8 Å². The SMILES string of the molecule is COc1cc(/C=N\N2CC(=O)NC2=O)ccc1OCC#N. The van der Waals surface area contributed by atoms with Gasteiger partial charge in [0, 0.05) is 0 Å². The monoisotopic (exact) mass is 288 g/mol. The maximum atomic E-state index is 11.3. The lowest BCUT2D eigenvalue weighted by Crippen LogP contribution is -2.24. The number of ether oxygens (including phenoxy) is 2. The summed E-state index contributed by atoms with van der Waals surface area (Å²) in [7, 11) is 1.47. The molecule has 0 aliphatic carbocycles. The molecule has 0 spiro atoms. The topological polar surface area (TPSA) is 104 Å². The molecule has 1 aliphatic rings. The van der Waals surface area contributed by atoms with Crippen molar-refractivity contribution in [1.82, 2.24) is 10.3 Å². The summed E-state index contributed by atoms with van der Waals surface area (Å²) in [5, 5.41) is 15.5. The summed E-state index contributed by atoms with van der Waals surface area (Å²) >= 11 is 0. The fourth-order valence-electron chi connectivity index (χ4n) is 1.65. The summed E-state index contributed by atoms with van der Waals surface area (Å²) in [6.45, 7) is -0.185. The second-order valence-electron chi connectivity index (χ2n) is 4.01. The van der Waals surface area contributed by atoms with Gasteiger partial charge in [-0.05, 0) is 23.8 Å². The second-order valence-corrected chi connectivity index (χ2v) is 4.01. The molecule has 3 amide bonds. The molecular formula is C13H12N4O4. The minimum Gasteiger partial charge on any atom is -0.493 e. The van der Waals surface area contributed by atoms with E-state index in [-0.39, 0.29) is 13.2 Å². The molecule has 0 unspecified atom stereocenters. The number of carbonyl (C=O) groups is 2. The minimum absolute atomic E-state index is 0.0835. The van der Waals surface area contributed by atoms with E-state index in [2.05, 4.69) is 10.4 Å². The molecule has 1 saturated heterocycles. The van der Waals surface area contributed by atoms with Crippen molar-refractivity contribution in [2.75, 3.05) is 20.3 Å². The van der Waals surface area contributed by atoms with Gasteiger partial charge in [0.1, 0.15) is 12.6 Å². The fraction of sp³-hybridized carbons (Fsp3) is 0.231. The van der Waals surface area contributed by atoms with Gasteiger partial charge in [0.25, 0.3) is 0 Å². The van der Waals surface area contributed by atoms with Crippen molar-refractivity contribution in [3.63, 3.8) is 0 Å². The van der Waals surface area contributed by atoms with Crippen LogP contribution in [0.4, 0.5) is 4.79 Å². The van der Waals surface area contributed by atoms with Crippen LogP contribution in [-0.2, 0) is 4.79 Å². The Labute approximate surface area is 120 Å². The van der Waals surface area contributed by atoms with Crippen molar-refractivity contribution in [1.29, 1.82) is 5.26 Å². The van der Waals surface area contributed by atoms with Crippen molar-refractivity contribution < 1.29 is 19.1 Å². The first-order valence-electron chi connectivity index (χ1n) is 5.97. The highest BCUT2D eigenvalue weighted by molar-refractivity contribution is 6.02. The van der Waals surface area contributed by atoms with Crippen molar-refractivity contribution in [2.24, 2.45) is 5.10 Å². The lowest BCUT2D eigenvalue weighted by molar-refractivity contribution is -0.118. The van der Waals surface area contributed by atoms with E-state index in [1.807, 2.05) is 6.07 Å². The Balaban J connectivity index is 2.12. The summed E-state index contributed by atoms with van der Waals surface area (Å²) in [6.07, 6.45) is 1.43. The number of hydrazone groups is 1. The third kappa shape index (κ3) is 3.48. The molecule has 0 aromatic heterocycles. The number of nitrogens with one attached hydrogen (secondary N) is 1. The zero-order chi connectivity index (χ0) is 15.2. The number of rotatable bonds is 5. The maximum Gasteiger partial charge on any atom is 0.344 e. The van der Waals surface area contributed by atoms with Crippen LogP contribution in [0.25, 0.3) is 0 Å². The second kappa shape index (κ2) is 6.38. The number of carbonyl (C=O) groups excluding carboxylic acids is 2. The molecular weight excluding hydrogens is 276 g/mol. The maximum absolute atomic E-state index is 11.3. The lowest BCUT2D eigenvalue weighted by Gasteiger charge is -2.09. The van der Waals surface area contributed by atoms with Gasteiger partial charge in [-0.25, -0.2) is 9.80 Å². The van der Waals surface area contributed by atoms with Gasteiger partial charge in [-0.3, -0.25) is 10.1 Å². The Morgan fingerprint density at radius 1 is 1.48 bits per heavy atom. The van der Waals surface area contributed by atoms with E-state index in [4.69, 9.17) is 14.7 Å². The summed E-state index contributed by atoms with van der Waals surface area (Å²) in [5.74, 6) is 0.483. The molecule has 0 saturated carbocycles. The predicted octanol–water partition coefficient (Wildman–Crippen LogP) is 0.483. The molecule has 1 aliphatic heterocycles. The highest BCUT2D eigenvalue weighted by atomic mass is 16.5. The zero-order valence-corrected chi connectivity index (χ0v) is 11.2. The standard InChI is InChI=1S/C13H12N4O4/c1-20-11-6-9(2-3-10(11)21-5-4-14)7-15-17-8-12(18)16-13(17)19/h2-3,6-7H,5,8H2,1H3,(H,16,18,19)/b15-7-. The summed E-state index contributed by atoms with van der Waals surface area (Å²) < 4.78 is 10.3. The van der Waals surface area contributed by atoms with E-state index < -0.39 is 11.9 Å². The highest BCUT2D eigenvalue weighted by Gasteiger charge is 2.25. The average molecular weight is 288 g/mol. The van der Waals surface area contributed by atoms with Gasteiger partial charge in [-0.2, -0.15) is 10.4 Å². The number of methoxy groups -OCH3 is 1. The molecule has 2 rings (SSSR count). The minimum atomic E-state index is -0.558. The molecule has 1 heterocycles. The Bertz CT molecular complexity index is 636. The van der Waals surface area contributed by atoms with Crippen molar-refractivity contribution in [2.45, 2.75) is 0 Å². The van der Waals surface area contributed by atoms with Crippen molar-refractivity contribution >= 4 is 18.2 Å². The first-order valence-corrected chi connectivity index (χ1v) is 5.97. The van der Waals surface area contributed by atoms with Gasteiger partial charge in [0.15, 0.2) is 18.1 Å². The van der Waals surface area contributed by atoms with Gasteiger partial charge in [0.2, 0.25) is 5.91 Å². The smallest absolute Gasteiger partial charge is 0.344 e. The van der Waals surface area contributed by atoms with E-state index in [1.54, 1.807) is 18.2 Å². The first-order chi connectivity index (χ1) is 10.1. The number of nitriles is 1. The molecule has 0 bridgehead atoms. The molecule has 8 nitrogen and oxygen atoms in total. The van der Waals surface area contributed by atoms with Gasteiger partial charge in [-0.15, -0.1) is 0 Å². The normalized spacial score (nSPS) is 14.2. The van der Waals surface area contributed by atoms with E-state index in [1.165, 1.54) is 13.3 Å². The van der Waals surface area contributed by atoms with Crippen LogP contribution in [0.1, 0.15) is 5.56 Å². The highest BCUT2D eigenvalue weighted by Crippen LogP contribution is 2.27. The Hall–Kier alpha value is -3.08. The largest absolute Gasteiger partial charge is 0.493 e. The number of hydrogen-bond acceptors (Lipinski definition) is 6. The van der Waals surface area contributed by atoms with Crippen LogP contribution in [0.3, 0.4) is 0 Å². The van der Waals surface area contributed by atoms with Gasteiger partial charge >= 0.3 is 6.03 Å². The Morgan fingerprint density at radius 3 is 2.90 bits per heavy atom. The van der Waals surface area contributed by atoms with Gasteiger partial charge in [-0.1, -0.05) is 0 Å². The van der Waals surface area contributed by atoms with Crippen LogP contribution >= 0.6 is 0 Å². The van der Waals surface area contributed by atoms with E-state index >= 15 is 0 Å². The van der Waals surface area contributed by atoms with E-state index in [0.717, 1.165) is 5.01 Å². The first kappa shape index (κ1) is 14.3. The molecule has 1 aromatic rings. The molecule has 1 aromatic carbocycles. The molecule has 1 N–H and O–H groups in total. The predicted molar refractivity (Wildman–Crippen MR) is 71.9 cm³/mol. The number of imide groups is 1. The molecule has 21 heavy (non-hydrogen) atoms. The third-order valence-corrected chi connectivity index (χ3v) is 2.60. The van der Waals surface area contributed by atoms with Crippen LogP contribution < -0.4 is 14.8 Å². The van der Waals surface area contributed by atoms with E-state index in [9.17, 15) is 9.59 Å². The summed E-state index contributed by atoms with van der Waals surface area (Å²) in [6, 6.07) is 6.27. The number of amides is 3. The molecule has 0 atom stereocenters. The lowest BCUT2D eigenvalue weighted by atomic mass is 10.2. The number of nitrogens with zero attached hydrogens (tertiary/aromatic N) is 3. The Kier molecular flexibility index (Phi) is 4.36. The number of hydrogen-bond donors (Lipinski definition) is 1. The van der Waals surface area contributed by atoms with Crippen molar-refractivity contribution in [3.8, 4) is 17.6 Å². The zero-order valence-electron chi connectivity index (χ0n) is 11.2. The summed E-state index contributed by atoms with van der Waals surface area (Å²) in [4.78, 5) is 22.3. The molecule has 8 heteroatoms. The number of benzene rings is 1. The quantitative estimate of drug-likeness (QED) is 0.627. The molecule has 108 valence electrons. The summed E-state index contributed by atoms with van der Waals surface area (Å²) in [5.41, 5.74) is 0.656. The third-order valence-electron chi connectivity index (χ3n) is 2.60. The van der Waals surface area contributed by atoms with Crippen LogP contribution in [0.2, 0.25) is 0 Å². The van der Waals surface area contributed by atoms with Gasteiger partial charge < -0.3 is 9.47 Å². The Morgan fingerprint density at radius 2 is 2.29 bits per heavy atom. The molecule has 0 radical (unpaired) electrons. The van der Waals surface area contributed by atoms with Crippen LogP contribution in [0, 0.1) is 11.3 Å².